The highest BCUT2D eigenvalue weighted by Gasteiger charge is 2.53. The first kappa shape index (κ1) is 21.3. The van der Waals surface area contributed by atoms with Crippen molar-refractivity contribution in [3.63, 3.8) is 0 Å². The second-order valence-electron chi connectivity index (χ2n) is 10.9. The van der Waals surface area contributed by atoms with E-state index in [2.05, 4.69) is 10.6 Å². The molecular formula is C24H35FN3O2+. The normalized spacial score (nSPS) is 29.7. The van der Waals surface area contributed by atoms with Gasteiger partial charge in [0.15, 0.2) is 6.54 Å². The summed E-state index contributed by atoms with van der Waals surface area (Å²) in [4.78, 5) is 27.4. The molecule has 4 fully saturated rings. The summed E-state index contributed by atoms with van der Waals surface area (Å²) in [6.07, 6.45) is 7.89. The predicted molar refractivity (Wildman–Crippen MR) is 114 cm³/mol. The van der Waals surface area contributed by atoms with Gasteiger partial charge in [0.05, 0.1) is 5.54 Å². The third kappa shape index (κ3) is 4.69. The molecule has 0 unspecified atom stereocenters. The Morgan fingerprint density at radius 2 is 1.60 bits per heavy atom. The molecule has 5 rings (SSSR count). The highest BCUT2D eigenvalue weighted by atomic mass is 19.1. The molecule has 3 N–H and O–H groups in total. The van der Waals surface area contributed by atoms with E-state index in [4.69, 9.17) is 0 Å². The molecule has 0 atom stereocenters. The Morgan fingerprint density at radius 1 is 1.07 bits per heavy atom. The minimum atomic E-state index is -0.452. The molecule has 5 nitrogen and oxygen atoms in total. The number of rotatable bonds is 6. The smallest absolute Gasteiger partial charge is 0.278 e. The average molecular weight is 417 g/mol. The molecule has 1 aromatic carbocycles. The third-order valence-corrected chi connectivity index (χ3v) is 7.34. The van der Waals surface area contributed by atoms with E-state index < -0.39 is 5.54 Å². The van der Waals surface area contributed by atoms with Crippen LogP contribution in [0.15, 0.2) is 24.3 Å². The zero-order valence-corrected chi connectivity index (χ0v) is 18.4. The number of hydrogen-bond acceptors (Lipinski definition) is 2. The molecule has 30 heavy (non-hydrogen) atoms. The van der Waals surface area contributed by atoms with Crippen LogP contribution in [-0.2, 0) is 9.59 Å². The standard InChI is InChI=1S/C24H34FN3O2/c1-23(2,3)28(15-21(29)27-20-6-4-19(25)5-7-20)22(30)14-26-24-11-16-8-17(12-24)10-18(9-16)13-24/h4-7,16-18,26H,8-15H2,1-3H3,(H,27,29)/p+1. The molecule has 0 aliphatic heterocycles. The summed E-state index contributed by atoms with van der Waals surface area (Å²) in [6.45, 7) is 6.27. The maximum atomic E-state index is 13.2. The highest BCUT2D eigenvalue weighted by molar-refractivity contribution is 5.94. The zero-order chi connectivity index (χ0) is 21.5. The van der Waals surface area contributed by atoms with Crippen LogP contribution >= 0.6 is 0 Å². The van der Waals surface area contributed by atoms with E-state index in [-0.39, 0.29) is 29.7 Å². The minimum Gasteiger partial charge on any atom is -0.334 e. The molecule has 0 heterocycles. The Labute approximate surface area is 178 Å². The van der Waals surface area contributed by atoms with Gasteiger partial charge in [0, 0.05) is 30.5 Å². The van der Waals surface area contributed by atoms with Crippen LogP contribution in [-0.4, -0.2) is 40.9 Å². The molecule has 0 aromatic heterocycles. The van der Waals surface area contributed by atoms with Gasteiger partial charge in [0.25, 0.3) is 5.91 Å². The molecule has 164 valence electrons. The SMILES string of the molecule is CC(C)(C)N(CC(=O)Nc1ccc(F)cc1)C(=O)C[NH2+]C12CC3CC(CC(C3)C1)C2. The van der Waals surface area contributed by atoms with Crippen molar-refractivity contribution >= 4 is 17.5 Å². The maximum absolute atomic E-state index is 13.2. The van der Waals surface area contributed by atoms with Crippen molar-refractivity contribution < 1.29 is 19.3 Å². The fraction of sp³-hybridized carbons (Fsp3) is 0.667. The molecule has 0 radical (unpaired) electrons. The number of benzene rings is 1. The van der Waals surface area contributed by atoms with E-state index in [1.807, 2.05) is 20.8 Å². The first-order valence-electron chi connectivity index (χ1n) is 11.3. The summed E-state index contributed by atoms with van der Waals surface area (Å²) in [5.41, 5.74) is 0.319. The van der Waals surface area contributed by atoms with Crippen molar-refractivity contribution in [2.45, 2.75) is 70.4 Å². The number of amides is 2. The van der Waals surface area contributed by atoms with Crippen LogP contribution in [0, 0.1) is 23.6 Å². The van der Waals surface area contributed by atoms with Crippen molar-refractivity contribution in [2.75, 3.05) is 18.4 Å². The van der Waals surface area contributed by atoms with Crippen LogP contribution in [0.1, 0.15) is 59.3 Å². The van der Waals surface area contributed by atoms with Crippen molar-refractivity contribution in [3.05, 3.63) is 30.1 Å². The van der Waals surface area contributed by atoms with Gasteiger partial charge in [-0.3, -0.25) is 9.59 Å². The molecule has 0 spiro atoms. The lowest BCUT2D eigenvalue weighted by molar-refractivity contribution is -0.730. The van der Waals surface area contributed by atoms with Gasteiger partial charge in [-0.25, -0.2) is 4.39 Å². The van der Waals surface area contributed by atoms with E-state index >= 15 is 0 Å². The first-order valence-corrected chi connectivity index (χ1v) is 11.3. The molecule has 4 aliphatic carbocycles. The van der Waals surface area contributed by atoms with Gasteiger partial charge in [-0.2, -0.15) is 0 Å². The summed E-state index contributed by atoms with van der Waals surface area (Å²) in [5, 5.41) is 5.07. The Kier molecular flexibility index (Phi) is 5.64. The Balaban J connectivity index is 1.36. The fourth-order valence-electron chi connectivity index (χ4n) is 6.42. The van der Waals surface area contributed by atoms with Crippen molar-refractivity contribution in [3.8, 4) is 0 Å². The predicted octanol–water partition coefficient (Wildman–Crippen LogP) is 2.92. The van der Waals surface area contributed by atoms with E-state index in [0.29, 0.717) is 12.2 Å². The van der Waals surface area contributed by atoms with E-state index in [0.717, 1.165) is 17.8 Å². The quantitative estimate of drug-likeness (QED) is 0.749. The largest absolute Gasteiger partial charge is 0.334 e. The number of nitrogens with one attached hydrogen (secondary N) is 1. The van der Waals surface area contributed by atoms with Crippen molar-refractivity contribution in [1.29, 1.82) is 0 Å². The summed E-state index contributed by atoms with van der Waals surface area (Å²) < 4.78 is 13.1. The number of carbonyl (C=O) groups excluding carboxylic acids is 2. The summed E-state index contributed by atoms with van der Waals surface area (Å²) >= 11 is 0. The Morgan fingerprint density at radius 3 is 2.10 bits per heavy atom. The van der Waals surface area contributed by atoms with Gasteiger partial charge < -0.3 is 15.5 Å². The van der Waals surface area contributed by atoms with Crippen LogP contribution in [0.2, 0.25) is 0 Å². The van der Waals surface area contributed by atoms with Gasteiger partial charge in [-0.15, -0.1) is 0 Å². The minimum absolute atomic E-state index is 0.00553. The van der Waals surface area contributed by atoms with Crippen LogP contribution < -0.4 is 10.6 Å². The molecular weight excluding hydrogens is 381 g/mol. The van der Waals surface area contributed by atoms with Crippen molar-refractivity contribution in [2.24, 2.45) is 17.8 Å². The van der Waals surface area contributed by atoms with E-state index in [9.17, 15) is 14.0 Å². The van der Waals surface area contributed by atoms with Crippen LogP contribution in [0.4, 0.5) is 10.1 Å². The average Bonchev–Trinajstić information content (AvgIpc) is 2.64. The topological polar surface area (TPSA) is 66.0 Å². The number of hydrogen-bond donors (Lipinski definition) is 2. The molecule has 4 bridgehead atoms. The van der Waals surface area contributed by atoms with Gasteiger partial charge in [0.2, 0.25) is 5.91 Å². The van der Waals surface area contributed by atoms with Crippen LogP contribution in [0.25, 0.3) is 0 Å². The van der Waals surface area contributed by atoms with E-state index in [1.54, 1.807) is 4.90 Å². The highest BCUT2D eigenvalue weighted by Crippen LogP contribution is 2.54. The van der Waals surface area contributed by atoms with Crippen LogP contribution in [0.5, 0.6) is 0 Å². The summed E-state index contributed by atoms with van der Waals surface area (Å²) in [7, 11) is 0. The number of anilines is 1. The Hall–Kier alpha value is -1.95. The number of carbonyl (C=O) groups is 2. The molecule has 2 amide bonds. The van der Waals surface area contributed by atoms with Gasteiger partial charge in [0.1, 0.15) is 12.4 Å². The monoisotopic (exact) mass is 416 g/mol. The molecule has 6 heteroatoms. The molecule has 4 aliphatic rings. The van der Waals surface area contributed by atoms with Gasteiger partial charge in [-0.05, 0) is 82.1 Å². The first-order chi connectivity index (χ1) is 14.1. The van der Waals surface area contributed by atoms with Gasteiger partial charge >= 0.3 is 0 Å². The lowest BCUT2D eigenvalue weighted by Gasteiger charge is -2.54. The number of nitrogens with zero attached hydrogens (tertiary/aromatic N) is 1. The lowest BCUT2D eigenvalue weighted by atomic mass is 9.53. The molecule has 0 saturated heterocycles. The summed E-state index contributed by atoms with van der Waals surface area (Å²) in [5.74, 6) is 1.94. The number of halogens is 1. The number of nitrogens with two attached hydrogens (primary N) is 1. The zero-order valence-electron chi connectivity index (χ0n) is 18.4. The lowest BCUT2D eigenvalue weighted by Crippen LogP contribution is -3.00. The summed E-state index contributed by atoms with van der Waals surface area (Å²) in [6, 6.07) is 5.67. The second-order valence-corrected chi connectivity index (χ2v) is 10.9. The van der Waals surface area contributed by atoms with Gasteiger partial charge in [-0.1, -0.05) is 0 Å². The molecule has 4 saturated carbocycles. The maximum Gasteiger partial charge on any atom is 0.278 e. The van der Waals surface area contributed by atoms with E-state index in [1.165, 1.54) is 62.8 Å². The fourth-order valence-corrected chi connectivity index (χ4v) is 6.42. The Bertz CT molecular complexity index is 764. The molecule has 1 aromatic rings. The third-order valence-electron chi connectivity index (χ3n) is 7.34. The van der Waals surface area contributed by atoms with Crippen molar-refractivity contribution in [1.82, 2.24) is 4.90 Å². The van der Waals surface area contributed by atoms with Crippen LogP contribution in [0.3, 0.4) is 0 Å². The second kappa shape index (κ2) is 7.95. The number of quaternary nitrogens is 1.